The van der Waals surface area contributed by atoms with E-state index < -0.39 is 5.97 Å². The van der Waals surface area contributed by atoms with Gasteiger partial charge in [0, 0.05) is 0 Å². The summed E-state index contributed by atoms with van der Waals surface area (Å²) in [4.78, 5) is 11.4. The van der Waals surface area contributed by atoms with Crippen LogP contribution in [0.5, 0.6) is 0 Å². The molecule has 0 N–H and O–H groups in total. The van der Waals surface area contributed by atoms with Gasteiger partial charge in [0.2, 0.25) is 0 Å². The van der Waals surface area contributed by atoms with Crippen LogP contribution in [0.25, 0.3) is 0 Å². The third-order valence-electron chi connectivity index (χ3n) is 1.84. The van der Waals surface area contributed by atoms with Crippen LogP contribution < -0.4 is 0 Å². The average Bonchev–Trinajstić information content (AvgIpc) is 2.24. The van der Waals surface area contributed by atoms with E-state index in [0.29, 0.717) is 12.2 Å². The van der Waals surface area contributed by atoms with Crippen LogP contribution in [0.1, 0.15) is 27.2 Å². The largest absolute Gasteiger partial charge is 0.431 e. The van der Waals surface area contributed by atoms with Crippen LogP contribution in [0.15, 0.2) is 36.1 Å². The summed E-state index contributed by atoms with van der Waals surface area (Å²) in [5.41, 5.74) is 2.22. The molecule has 0 aromatic carbocycles. The minimum Gasteiger partial charge on any atom is -0.431 e. The summed E-state index contributed by atoms with van der Waals surface area (Å²) in [5, 5.41) is 0. The summed E-state index contributed by atoms with van der Waals surface area (Å²) in [6, 6.07) is 0. The highest BCUT2D eigenvalue weighted by Gasteiger charge is 2.07. The zero-order valence-electron chi connectivity index (χ0n) is 10.3. The van der Waals surface area contributed by atoms with Crippen molar-refractivity contribution in [2.24, 2.45) is 0 Å². The van der Waals surface area contributed by atoms with Crippen molar-refractivity contribution in [1.82, 2.24) is 0 Å². The van der Waals surface area contributed by atoms with Crippen LogP contribution in [0.3, 0.4) is 0 Å². The van der Waals surface area contributed by atoms with Crippen molar-refractivity contribution in [3.8, 4) is 0 Å². The molecule has 0 atom stereocenters. The Balaban J connectivity index is 3.91. The van der Waals surface area contributed by atoms with Crippen LogP contribution in [0, 0.1) is 0 Å². The van der Waals surface area contributed by atoms with Gasteiger partial charge in [-0.2, -0.15) is 0 Å². The van der Waals surface area contributed by atoms with E-state index in [4.69, 9.17) is 9.47 Å². The van der Waals surface area contributed by atoms with Gasteiger partial charge in [-0.15, -0.1) is 0 Å². The maximum atomic E-state index is 11.4. The first kappa shape index (κ1) is 14.6. The van der Waals surface area contributed by atoms with Gasteiger partial charge in [0.05, 0.1) is 25.0 Å². The molecular weight excluding hydrogens is 204 g/mol. The Morgan fingerprint density at radius 1 is 1.25 bits per heavy atom. The number of hydrogen-bond donors (Lipinski definition) is 0. The lowest BCUT2D eigenvalue weighted by atomic mass is 10.3. The van der Waals surface area contributed by atoms with E-state index in [9.17, 15) is 4.79 Å². The summed E-state index contributed by atoms with van der Waals surface area (Å²) >= 11 is 0. The predicted octanol–water partition coefficient (Wildman–Crippen LogP) is 2.99. The quantitative estimate of drug-likeness (QED) is 0.288. The third-order valence-corrected chi connectivity index (χ3v) is 1.84. The Kier molecular flexibility index (Phi) is 7.21. The second-order valence-electron chi connectivity index (χ2n) is 3.78. The van der Waals surface area contributed by atoms with E-state index in [-0.39, 0.29) is 6.61 Å². The summed E-state index contributed by atoms with van der Waals surface area (Å²) in [5.74, 6) is -0.450. The molecule has 0 saturated carbocycles. The lowest BCUT2D eigenvalue weighted by molar-refractivity contribution is -0.134. The zero-order chi connectivity index (χ0) is 12.6. The molecular formula is C13H20O3. The van der Waals surface area contributed by atoms with E-state index >= 15 is 0 Å². The third kappa shape index (κ3) is 7.01. The van der Waals surface area contributed by atoms with E-state index in [1.165, 1.54) is 6.26 Å². The van der Waals surface area contributed by atoms with Crippen molar-refractivity contribution in [1.29, 1.82) is 0 Å². The summed E-state index contributed by atoms with van der Waals surface area (Å²) in [7, 11) is 0. The fourth-order valence-corrected chi connectivity index (χ4v) is 0.728. The molecule has 0 aliphatic rings. The molecule has 3 heteroatoms. The molecule has 16 heavy (non-hydrogen) atoms. The van der Waals surface area contributed by atoms with Crippen LogP contribution in [0.4, 0.5) is 0 Å². The van der Waals surface area contributed by atoms with Gasteiger partial charge < -0.3 is 9.47 Å². The van der Waals surface area contributed by atoms with Crippen molar-refractivity contribution in [2.75, 3.05) is 13.2 Å². The van der Waals surface area contributed by atoms with Crippen molar-refractivity contribution in [2.45, 2.75) is 27.2 Å². The van der Waals surface area contributed by atoms with Crippen molar-refractivity contribution in [3.05, 3.63) is 36.1 Å². The molecule has 0 aromatic heterocycles. The minimum absolute atomic E-state index is 0.171. The van der Waals surface area contributed by atoms with Gasteiger partial charge in [0.15, 0.2) is 0 Å². The topological polar surface area (TPSA) is 35.5 Å². The van der Waals surface area contributed by atoms with Crippen molar-refractivity contribution >= 4 is 5.97 Å². The van der Waals surface area contributed by atoms with Gasteiger partial charge in [-0.1, -0.05) is 25.7 Å². The average molecular weight is 224 g/mol. The van der Waals surface area contributed by atoms with Crippen LogP contribution in [-0.4, -0.2) is 19.2 Å². The number of esters is 1. The van der Waals surface area contributed by atoms with Crippen molar-refractivity contribution < 1.29 is 14.3 Å². The second kappa shape index (κ2) is 7.88. The van der Waals surface area contributed by atoms with E-state index in [1.807, 2.05) is 20.8 Å². The molecule has 0 unspecified atom stereocenters. The first-order valence-corrected chi connectivity index (χ1v) is 5.23. The molecule has 0 heterocycles. The molecule has 0 radical (unpaired) electrons. The Morgan fingerprint density at radius 2 is 1.88 bits per heavy atom. The maximum Gasteiger partial charge on any atom is 0.340 e. The molecule has 0 amide bonds. The monoisotopic (exact) mass is 224 g/mol. The van der Waals surface area contributed by atoms with E-state index in [1.54, 1.807) is 0 Å². The zero-order valence-corrected chi connectivity index (χ0v) is 10.3. The standard InChI is InChI=1S/C13H20O3/c1-6-11(4)8-16-13(14)12(5)9-15-7-10(2)3/h8H,2,5-7,9H2,1,3-4H3. The Hall–Kier alpha value is -1.35. The fraction of sp³-hybridized carbons (Fsp3) is 0.462. The Bertz CT molecular complexity index is 300. The molecule has 0 spiro atoms. The normalized spacial score (nSPS) is 11.1. The van der Waals surface area contributed by atoms with Crippen molar-refractivity contribution in [3.63, 3.8) is 0 Å². The van der Waals surface area contributed by atoms with Gasteiger partial charge in [0.25, 0.3) is 0 Å². The van der Waals surface area contributed by atoms with E-state index in [2.05, 4.69) is 13.2 Å². The fourth-order valence-electron chi connectivity index (χ4n) is 0.728. The molecule has 0 aliphatic carbocycles. The molecule has 0 rings (SSSR count). The van der Waals surface area contributed by atoms with Gasteiger partial charge >= 0.3 is 5.97 Å². The Morgan fingerprint density at radius 3 is 2.38 bits per heavy atom. The molecule has 3 nitrogen and oxygen atoms in total. The number of carbonyl (C=O) groups excluding carboxylic acids is 1. The summed E-state index contributed by atoms with van der Waals surface area (Å²) in [6.07, 6.45) is 2.30. The number of allylic oxidation sites excluding steroid dienone is 1. The predicted molar refractivity (Wildman–Crippen MR) is 64.9 cm³/mol. The molecule has 0 bridgehead atoms. The summed E-state index contributed by atoms with van der Waals surface area (Å²) < 4.78 is 10.1. The van der Waals surface area contributed by atoms with Crippen LogP contribution >= 0.6 is 0 Å². The van der Waals surface area contributed by atoms with Gasteiger partial charge in [0.1, 0.15) is 0 Å². The van der Waals surface area contributed by atoms with Crippen LogP contribution in [-0.2, 0) is 14.3 Å². The summed E-state index contributed by atoms with van der Waals surface area (Å²) in [6.45, 7) is 13.6. The molecule has 0 saturated heterocycles. The van der Waals surface area contributed by atoms with Crippen LogP contribution in [0.2, 0.25) is 0 Å². The SMILES string of the molecule is C=C(C)COCC(=C)C(=O)OC=C(C)CC. The first-order chi connectivity index (χ1) is 7.47. The van der Waals surface area contributed by atoms with Gasteiger partial charge in [-0.05, 0) is 25.8 Å². The van der Waals surface area contributed by atoms with Gasteiger partial charge in [-0.3, -0.25) is 0 Å². The number of ether oxygens (including phenoxy) is 2. The number of rotatable bonds is 7. The molecule has 0 aromatic rings. The molecule has 0 aliphatic heterocycles. The molecule has 90 valence electrons. The highest BCUT2D eigenvalue weighted by molar-refractivity contribution is 5.88. The Labute approximate surface area is 97.4 Å². The smallest absolute Gasteiger partial charge is 0.340 e. The van der Waals surface area contributed by atoms with Gasteiger partial charge in [-0.25, -0.2) is 4.79 Å². The highest BCUT2D eigenvalue weighted by Crippen LogP contribution is 2.02. The maximum absolute atomic E-state index is 11.4. The first-order valence-electron chi connectivity index (χ1n) is 5.23. The number of carbonyl (C=O) groups is 1. The molecule has 0 fully saturated rings. The lowest BCUT2D eigenvalue weighted by Gasteiger charge is -2.05. The van der Waals surface area contributed by atoms with E-state index in [0.717, 1.165) is 17.6 Å². The lowest BCUT2D eigenvalue weighted by Crippen LogP contribution is -2.10. The number of hydrogen-bond acceptors (Lipinski definition) is 3. The second-order valence-corrected chi connectivity index (χ2v) is 3.78. The highest BCUT2D eigenvalue weighted by atomic mass is 16.5. The minimum atomic E-state index is -0.450.